The molecular weight excluding hydrogens is 224 g/mol. The van der Waals surface area contributed by atoms with Gasteiger partial charge >= 0.3 is 0 Å². The highest BCUT2D eigenvalue weighted by Gasteiger charge is 2.24. The molecule has 1 aromatic carbocycles. The summed E-state index contributed by atoms with van der Waals surface area (Å²) in [7, 11) is 1.59. The molecule has 0 radical (unpaired) electrons. The van der Waals surface area contributed by atoms with Crippen LogP contribution in [-0.4, -0.2) is 18.6 Å². The molecule has 0 amide bonds. The predicted octanol–water partition coefficient (Wildman–Crippen LogP) is 1.43. The molecule has 17 heavy (non-hydrogen) atoms. The van der Waals surface area contributed by atoms with Crippen LogP contribution in [0.4, 0.5) is 0 Å². The summed E-state index contributed by atoms with van der Waals surface area (Å²) in [6, 6.07) is 7.43. The van der Waals surface area contributed by atoms with Gasteiger partial charge in [-0.2, -0.15) is 0 Å². The zero-order valence-corrected chi connectivity index (χ0v) is 9.25. The number of ether oxygens (including phenoxy) is 2. The smallest absolute Gasteiger partial charge is 0.293 e. The van der Waals surface area contributed by atoms with Crippen LogP contribution >= 0.6 is 0 Å². The van der Waals surface area contributed by atoms with Crippen LogP contribution in [0.25, 0.3) is 0 Å². The lowest BCUT2D eigenvalue weighted by atomic mass is 10.1. The Hall–Kier alpha value is -2.24. The van der Waals surface area contributed by atoms with Crippen molar-refractivity contribution in [2.24, 2.45) is 0 Å². The summed E-state index contributed by atoms with van der Waals surface area (Å²) in [6.45, 7) is 0.507. The molecule has 1 heterocycles. The summed E-state index contributed by atoms with van der Waals surface area (Å²) in [6.07, 6.45) is 0.594. The fraction of sp³-hybridized carbons (Fsp3) is 0.273. The van der Waals surface area contributed by atoms with Crippen LogP contribution < -0.4 is 10.1 Å². The number of nitrogens with one attached hydrogen (secondary N) is 1. The van der Waals surface area contributed by atoms with E-state index < -0.39 is 4.92 Å². The van der Waals surface area contributed by atoms with Crippen molar-refractivity contribution in [1.82, 2.24) is 5.32 Å². The van der Waals surface area contributed by atoms with Crippen LogP contribution in [0.3, 0.4) is 0 Å². The number of nitrogens with zero attached hydrogens (tertiary/aromatic N) is 1. The summed E-state index contributed by atoms with van der Waals surface area (Å²) >= 11 is 0. The van der Waals surface area contributed by atoms with E-state index in [4.69, 9.17) is 9.47 Å². The molecule has 0 bridgehead atoms. The first-order chi connectivity index (χ1) is 8.19. The van der Waals surface area contributed by atoms with Gasteiger partial charge in [-0.15, -0.1) is 0 Å². The number of nitro groups is 1. The molecule has 1 unspecified atom stereocenters. The van der Waals surface area contributed by atoms with Gasteiger partial charge < -0.3 is 14.8 Å². The van der Waals surface area contributed by atoms with E-state index in [-0.39, 0.29) is 12.0 Å². The fourth-order valence-corrected chi connectivity index (χ4v) is 1.63. The molecule has 0 saturated carbocycles. The van der Waals surface area contributed by atoms with E-state index in [0.29, 0.717) is 6.54 Å². The molecule has 6 heteroatoms. The lowest BCUT2D eigenvalue weighted by Gasteiger charge is -2.09. The average Bonchev–Trinajstić information content (AvgIpc) is 2.77. The molecule has 1 aromatic rings. The van der Waals surface area contributed by atoms with Gasteiger partial charge in [0.15, 0.2) is 0 Å². The van der Waals surface area contributed by atoms with Crippen molar-refractivity contribution in [2.75, 3.05) is 13.7 Å². The van der Waals surface area contributed by atoms with Crippen LogP contribution in [0.15, 0.2) is 36.3 Å². The van der Waals surface area contributed by atoms with Gasteiger partial charge in [0, 0.05) is 0 Å². The third kappa shape index (κ3) is 2.66. The van der Waals surface area contributed by atoms with Crippen molar-refractivity contribution >= 4 is 0 Å². The van der Waals surface area contributed by atoms with Crippen LogP contribution in [0, 0.1) is 10.1 Å². The Morgan fingerprint density at radius 1 is 1.65 bits per heavy atom. The first kappa shape index (κ1) is 11.3. The lowest BCUT2D eigenvalue weighted by Crippen LogP contribution is -2.08. The molecule has 0 aliphatic carbocycles. The molecule has 2 rings (SSSR count). The topological polar surface area (TPSA) is 73.6 Å². The number of benzene rings is 1. The second-order valence-electron chi connectivity index (χ2n) is 3.54. The molecule has 1 fully saturated rings. The SMILES string of the molecule is COc1cccc(C2CN/C(=C\[N+](=O)[O-])O2)c1. The van der Waals surface area contributed by atoms with E-state index in [2.05, 4.69) is 5.32 Å². The predicted molar refractivity (Wildman–Crippen MR) is 59.9 cm³/mol. The minimum Gasteiger partial charge on any atom is -0.497 e. The molecule has 0 spiro atoms. The molecule has 1 N–H and O–H groups in total. The Balaban J connectivity index is 2.12. The summed E-state index contributed by atoms with van der Waals surface area (Å²) in [5.74, 6) is 0.917. The normalized spacial score (nSPS) is 20.8. The quantitative estimate of drug-likeness (QED) is 0.634. The molecule has 6 nitrogen and oxygen atoms in total. The molecule has 1 aliphatic heterocycles. The highest BCUT2D eigenvalue weighted by atomic mass is 16.6. The van der Waals surface area contributed by atoms with E-state index in [0.717, 1.165) is 17.5 Å². The fourth-order valence-electron chi connectivity index (χ4n) is 1.63. The largest absolute Gasteiger partial charge is 0.497 e. The summed E-state index contributed by atoms with van der Waals surface area (Å²) < 4.78 is 10.5. The third-order valence-corrected chi connectivity index (χ3v) is 2.42. The van der Waals surface area contributed by atoms with Gasteiger partial charge in [-0.3, -0.25) is 10.1 Å². The highest BCUT2D eigenvalue weighted by molar-refractivity contribution is 5.30. The van der Waals surface area contributed by atoms with Crippen molar-refractivity contribution < 1.29 is 14.4 Å². The molecule has 1 saturated heterocycles. The van der Waals surface area contributed by atoms with Gasteiger partial charge in [0.1, 0.15) is 11.9 Å². The summed E-state index contributed by atoms with van der Waals surface area (Å²) in [5.41, 5.74) is 0.920. The van der Waals surface area contributed by atoms with E-state index >= 15 is 0 Å². The third-order valence-electron chi connectivity index (χ3n) is 2.42. The molecule has 0 aromatic heterocycles. The number of methoxy groups -OCH3 is 1. The van der Waals surface area contributed by atoms with Gasteiger partial charge in [-0.05, 0) is 17.7 Å². The van der Waals surface area contributed by atoms with Crippen LogP contribution in [0.1, 0.15) is 11.7 Å². The second-order valence-corrected chi connectivity index (χ2v) is 3.54. The first-order valence-corrected chi connectivity index (χ1v) is 5.09. The maximum absolute atomic E-state index is 10.3. The van der Waals surface area contributed by atoms with Crippen LogP contribution in [0.5, 0.6) is 5.75 Å². The van der Waals surface area contributed by atoms with E-state index in [9.17, 15) is 10.1 Å². The second kappa shape index (κ2) is 4.73. The van der Waals surface area contributed by atoms with Gasteiger partial charge in [0.05, 0.1) is 18.6 Å². The molecule has 1 aliphatic rings. The van der Waals surface area contributed by atoms with E-state index in [1.54, 1.807) is 7.11 Å². The monoisotopic (exact) mass is 236 g/mol. The number of hydrogen-bond acceptors (Lipinski definition) is 5. The summed E-state index contributed by atoms with van der Waals surface area (Å²) in [4.78, 5) is 9.74. The number of hydrogen-bond donors (Lipinski definition) is 1. The number of rotatable bonds is 3. The summed E-state index contributed by atoms with van der Waals surface area (Å²) in [5, 5.41) is 13.1. The minimum atomic E-state index is -0.545. The Bertz CT molecular complexity index is 459. The zero-order chi connectivity index (χ0) is 12.3. The maximum Gasteiger partial charge on any atom is 0.293 e. The van der Waals surface area contributed by atoms with Gasteiger partial charge in [0.25, 0.3) is 12.1 Å². The van der Waals surface area contributed by atoms with Gasteiger partial charge in [-0.1, -0.05) is 12.1 Å². The Morgan fingerprint density at radius 2 is 2.47 bits per heavy atom. The van der Waals surface area contributed by atoms with Gasteiger partial charge in [-0.25, -0.2) is 0 Å². The van der Waals surface area contributed by atoms with E-state index in [1.807, 2.05) is 24.3 Å². The van der Waals surface area contributed by atoms with Crippen LogP contribution in [0.2, 0.25) is 0 Å². The Kier molecular flexibility index (Phi) is 3.13. The maximum atomic E-state index is 10.3. The van der Waals surface area contributed by atoms with Gasteiger partial charge in [0.2, 0.25) is 0 Å². The lowest BCUT2D eigenvalue weighted by molar-refractivity contribution is -0.405. The molecule has 90 valence electrons. The Labute approximate surface area is 98.0 Å². The minimum absolute atomic E-state index is 0.183. The molecular formula is C11H12N2O4. The zero-order valence-electron chi connectivity index (χ0n) is 9.25. The Morgan fingerprint density at radius 3 is 3.18 bits per heavy atom. The van der Waals surface area contributed by atoms with Crippen molar-refractivity contribution in [3.8, 4) is 5.75 Å². The van der Waals surface area contributed by atoms with Crippen LogP contribution in [-0.2, 0) is 4.74 Å². The van der Waals surface area contributed by atoms with E-state index in [1.165, 1.54) is 0 Å². The van der Waals surface area contributed by atoms with Crippen molar-refractivity contribution in [3.63, 3.8) is 0 Å². The van der Waals surface area contributed by atoms with Crippen molar-refractivity contribution in [3.05, 3.63) is 52.0 Å². The average molecular weight is 236 g/mol. The van der Waals surface area contributed by atoms with Crippen molar-refractivity contribution in [2.45, 2.75) is 6.10 Å². The van der Waals surface area contributed by atoms with Crippen molar-refractivity contribution in [1.29, 1.82) is 0 Å². The molecule has 1 atom stereocenters. The highest BCUT2D eigenvalue weighted by Crippen LogP contribution is 2.26. The standard InChI is InChI=1S/C11H12N2O4/c1-16-9-4-2-3-8(5-9)10-6-12-11(17-10)7-13(14)15/h2-5,7,10,12H,6H2,1H3/b11-7+. The first-order valence-electron chi connectivity index (χ1n) is 5.09.